The molecule has 1 aromatic heterocycles. The standard InChI is InChI=1S/C31H45NO7/c1-29-10-7-23(39-28(34)37-18-15-32-13-16-36-17-14-32)19-22(29)4-5-26-25(29)8-11-30(2)24(9-12-31(26,30)35)21-3-6-27(33)38-20-21/h3,6,20,22-26,35H,4-5,7-19H2,1-2H3/t22-,23+,24-,25+,26-,29+,30-,31+/m1/s1. The average Bonchev–Trinajstić information content (AvgIpc) is 3.21. The zero-order chi connectivity index (χ0) is 27.3. The SMILES string of the molecule is C[C@]12CC[C@H](OC(=O)OCCN3CCOCC3)C[C@H]1CC[C@@H]1[C@@H]2CC[C@]2(C)[C@@H](c3ccc(=O)oc3)CC[C@]12O. The molecule has 2 heterocycles. The van der Waals surface area contributed by atoms with Gasteiger partial charge in [-0.25, -0.2) is 9.59 Å². The number of ether oxygens (including phenoxy) is 3. The Labute approximate surface area is 231 Å². The molecule has 4 aliphatic carbocycles. The highest BCUT2D eigenvalue weighted by atomic mass is 16.7. The molecular formula is C31H45NO7. The summed E-state index contributed by atoms with van der Waals surface area (Å²) in [6, 6.07) is 3.40. The molecule has 1 saturated heterocycles. The molecule has 216 valence electrons. The van der Waals surface area contributed by atoms with E-state index >= 15 is 0 Å². The van der Waals surface area contributed by atoms with Crippen molar-refractivity contribution in [1.82, 2.24) is 4.90 Å². The maximum absolute atomic E-state index is 12.4. The largest absolute Gasteiger partial charge is 0.508 e. The Morgan fingerprint density at radius 2 is 1.87 bits per heavy atom. The van der Waals surface area contributed by atoms with Crippen LogP contribution < -0.4 is 5.63 Å². The molecule has 8 nitrogen and oxygen atoms in total. The smallest absolute Gasteiger partial charge is 0.433 e. The van der Waals surface area contributed by atoms with E-state index in [4.69, 9.17) is 18.6 Å². The summed E-state index contributed by atoms with van der Waals surface area (Å²) >= 11 is 0. The molecular weight excluding hydrogens is 498 g/mol. The Morgan fingerprint density at radius 1 is 1.05 bits per heavy atom. The highest BCUT2D eigenvalue weighted by molar-refractivity contribution is 5.60. The molecule has 4 saturated carbocycles. The number of hydrogen-bond donors (Lipinski definition) is 1. The molecule has 0 spiro atoms. The van der Waals surface area contributed by atoms with Crippen LogP contribution >= 0.6 is 0 Å². The molecule has 1 N–H and O–H groups in total. The Kier molecular flexibility index (Phi) is 7.34. The summed E-state index contributed by atoms with van der Waals surface area (Å²) in [5, 5.41) is 12.4. The Morgan fingerprint density at radius 3 is 2.64 bits per heavy atom. The third-order valence-corrected chi connectivity index (χ3v) is 11.9. The lowest BCUT2D eigenvalue weighted by atomic mass is 9.43. The van der Waals surface area contributed by atoms with Crippen LogP contribution in [0.1, 0.15) is 83.1 Å². The van der Waals surface area contributed by atoms with Gasteiger partial charge in [-0.1, -0.05) is 13.8 Å². The second kappa shape index (κ2) is 10.5. The van der Waals surface area contributed by atoms with Gasteiger partial charge in [-0.05, 0) is 98.5 Å². The molecule has 6 rings (SSSR count). The lowest BCUT2D eigenvalue weighted by molar-refractivity contribution is -0.205. The Balaban J connectivity index is 1.07. The lowest BCUT2D eigenvalue weighted by Crippen LogP contribution is -2.62. The summed E-state index contributed by atoms with van der Waals surface area (Å²) in [6.07, 6.45) is 9.65. The van der Waals surface area contributed by atoms with Gasteiger partial charge in [0.05, 0.1) is 25.1 Å². The van der Waals surface area contributed by atoms with E-state index in [1.165, 1.54) is 6.07 Å². The summed E-state index contributed by atoms with van der Waals surface area (Å²) in [7, 11) is 0. The minimum absolute atomic E-state index is 0.0870. The fourth-order valence-corrected chi connectivity index (χ4v) is 9.65. The highest BCUT2D eigenvalue weighted by Crippen LogP contribution is 2.70. The van der Waals surface area contributed by atoms with E-state index in [2.05, 4.69) is 18.7 Å². The van der Waals surface area contributed by atoms with Gasteiger partial charge in [0.25, 0.3) is 0 Å². The van der Waals surface area contributed by atoms with Gasteiger partial charge in [-0.15, -0.1) is 0 Å². The van der Waals surface area contributed by atoms with E-state index in [-0.39, 0.29) is 34.4 Å². The van der Waals surface area contributed by atoms with Crippen molar-refractivity contribution in [3.8, 4) is 0 Å². The van der Waals surface area contributed by atoms with E-state index in [0.717, 1.165) is 89.7 Å². The number of aliphatic hydroxyl groups is 1. The minimum atomic E-state index is -0.706. The monoisotopic (exact) mass is 543 g/mol. The lowest BCUT2D eigenvalue weighted by Gasteiger charge is -2.63. The molecule has 0 bridgehead atoms. The van der Waals surface area contributed by atoms with Crippen LogP contribution in [0.15, 0.2) is 27.6 Å². The van der Waals surface area contributed by atoms with Crippen molar-refractivity contribution in [3.63, 3.8) is 0 Å². The number of nitrogens with zero attached hydrogens (tertiary/aromatic N) is 1. The molecule has 8 atom stereocenters. The second-order valence-corrected chi connectivity index (χ2v) is 13.4. The van der Waals surface area contributed by atoms with Crippen LogP contribution in [0, 0.1) is 28.6 Å². The fraction of sp³-hybridized carbons (Fsp3) is 0.806. The van der Waals surface area contributed by atoms with Gasteiger partial charge < -0.3 is 23.7 Å². The summed E-state index contributed by atoms with van der Waals surface area (Å²) < 4.78 is 21.8. The van der Waals surface area contributed by atoms with Crippen molar-refractivity contribution >= 4 is 6.16 Å². The summed E-state index contributed by atoms with van der Waals surface area (Å²) in [6.45, 7) is 9.01. The summed E-state index contributed by atoms with van der Waals surface area (Å²) in [4.78, 5) is 26.2. The first-order valence-electron chi connectivity index (χ1n) is 15.2. The zero-order valence-electron chi connectivity index (χ0n) is 23.6. The molecule has 0 amide bonds. The number of fused-ring (bicyclic) bond motifs is 5. The van der Waals surface area contributed by atoms with Crippen LogP contribution in [0.4, 0.5) is 4.79 Å². The van der Waals surface area contributed by atoms with Crippen LogP contribution in [-0.4, -0.2) is 67.3 Å². The number of carbonyl (C=O) groups is 1. The summed E-state index contributed by atoms with van der Waals surface area (Å²) in [5.41, 5.74) is -0.0587. The van der Waals surface area contributed by atoms with Gasteiger partial charge in [-0.2, -0.15) is 0 Å². The van der Waals surface area contributed by atoms with Crippen molar-refractivity contribution in [3.05, 3.63) is 34.4 Å². The predicted octanol–water partition coefficient (Wildman–Crippen LogP) is 4.74. The number of carbonyl (C=O) groups excluding carboxylic acids is 1. The zero-order valence-corrected chi connectivity index (χ0v) is 23.6. The van der Waals surface area contributed by atoms with E-state index in [0.29, 0.717) is 25.0 Å². The van der Waals surface area contributed by atoms with Gasteiger partial charge >= 0.3 is 11.8 Å². The van der Waals surface area contributed by atoms with E-state index < -0.39 is 11.8 Å². The van der Waals surface area contributed by atoms with Crippen LogP contribution in [0.3, 0.4) is 0 Å². The molecule has 1 aromatic rings. The van der Waals surface area contributed by atoms with Gasteiger partial charge in [0.15, 0.2) is 0 Å². The normalized spacial score (nSPS) is 42.2. The molecule has 8 heteroatoms. The topological polar surface area (TPSA) is 98.4 Å². The first-order valence-corrected chi connectivity index (χ1v) is 15.2. The van der Waals surface area contributed by atoms with E-state index in [9.17, 15) is 14.7 Å². The van der Waals surface area contributed by atoms with Crippen molar-refractivity contribution in [1.29, 1.82) is 0 Å². The van der Waals surface area contributed by atoms with E-state index in [1.807, 2.05) is 6.07 Å². The maximum Gasteiger partial charge on any atom is 0.508 e. The Hall–Kier alpha value is -1.90. The third kappa shape index (κ3) is 4.74. The molecule has 0 radical (unpaired) electrons. The van der Waals surface area contributed by atoms with E-state index in [1.54, 1.807) is 6.26 Å². The summed E-state index contributed by atoms with van der Waals surface area (Å²) in [5.74, 6) is 1.45. The maximum atomic E-state index is 12.4. The predicted molar refractivity (Wildman–Crippen MR) is 144 cm³/mol. The molecule has 39 heavy (non-hydrogen) atoms. The number of rotatable bonds is 5. The van der Waals surface area contributed by atoms with Gasteiger partial charge in [0.1, 0.15) is 12.7 Å². The highest BCUT2D eigenvalue weighted by Gasteiger charge is 2.67. The van der Waals surface area contributed by atoms with Gasteiger partial charge in [0.2, 0.25) is 0 Å². The van der Waals surface area contributed by atoms with Gasteiger partial charge in [0, 0.05) is 31.1 Å². The van der Waals surface area contributed by atoms with Crippen LogP contribution in [0.2, 0.25) is 0 Å². The van der Waals surface area contributed by atoms with Crippen LogP contribution in [0.5, 0.6) is 0 Å². The fourth-order valence-electron chi connectivity index (χ4n) is 9.65. The van der Waals surface area contributed by atoms with Crippen molar-refractivity contribution in [2.45, 2.75) is 89.3 Å². The second-order valence-electron chi connectivity index (χ2n) is 13.4. The molecule has 5 fully saturated rings. The molecule has 0 aromatic carbocycles. The third-order valence-electron chi connectivity index (χ3n) is 11.9. The average molecular weight is 544 g/mol. The van der Waals surface area contributed by atoms with Crippen LogP contribution in [0.25, 0.3) is 0 Å². The minimum Gasteiger partial charge on any atom is -0.433 e. The van der Waals surface area contributed by atoms with Crippen LogP contribution in [-0.2, 0) is 14.2 Å². The molecule has 0 unspecified atom stereocenters. The Bertz CT molecular complexity index is 1080. The van der Waals surface area contributed by atoms with Crippen molar-refractivity contribution in [2.24, 2.45) is 28.6 Å². The first-order chi connectivity index (χ1) is 18.7. The van der Waals surface area contributed by atoms with Crippen molar-refractivity contribution < 1.29 is 28.5 Å². The van der Waals surface area contributed by atoms with Gasteiger partial charge in [-0.3, -0.25) is 4.90 Å². The molecule has 5 aliphatic rings. The van der Waals surface area contributed by atoms with Crippen molar-refractivity contribution in [2.75, 3.05) is 39.5 Å². The quantitative estimate of drug-likeness (QED) is 0.532. The number of morpholine rings is 1. The molecule has 1 aliphatic heterocycles. The first kappa shape index (κ1) is 27.3. The number of hydrogen-bond acceptors (Lipinski definition) is 8.